The summed E-state index contributed by atoms with van der Waals surface area (Å²) in [7, 11) is 0. The normalized spacial score (nSPS) is 10.7. The molecule has 0 aliphatic rings. The lowest BCUT2D eigenvalue weighted by Gasteiger charge is -2.02. The van der Waals surface area contributed by atoms with Crippen LogP contribution in [0.4, 0.5) is 0 Å². The second-order valence-electron chi connectivity index (χ2n) is 4.92. The van der Waals surface area contributed by atoms with Crippen molar-refractivity contribution < 1.29 is 17.0 Å². The largest absolute Gasteiger partial charge is 1.00 e. The molecule has 0 fully saturated rings. The van der Waals surface area contributed by atoms with Crippen molar-refractivity contribution in [2.45, 2.75) is 26.4 Å². The molecule has 0 bridgehead atoms. The van der Waals surface area contributed by atoms with Crippen LogP contribution in [0.3, 0.4) is 0 Å². The van der Waals surface area contributed by atoms with Gasteiger partial charge in [0.05, 0.1) is 18.6 Å². The third kappa shape index (κ3) is 3.37. The van der Waals surface area contributed by atoms with Gasteiger partial charge in [0.2, 0.25) is 6.33 Å². The number of rotatable bonds is 4. The molecule has 0 spiro atoms. The Morgan fingerprint density at radius 1 is 1.14 bits per heavy atom. The highest BCUT2D eigenvalue weighted by molar-refractivity contribution is 6.39. The van der Waals surface area contributed by atoms with Crippen molar-refractivity contribution in [2.75, 3.05) is 0 Å². The molecule has 3 rings (SSSR count). The molecule has 0 aliphatic carbocycles. The van der Waals surface area contributed by atoms with Crippen LogP contribution >= 0.6 is 23.2 Å². The number of hydrogen-bond donors (Lipinski definition) is 0. The van der Waals surface area contributed by atoms with Crippen LogP contribution < -0.4 is 17.0 Å². The van der Waals surface area contributed by atoms with Gasteiger partial charge in [0.15, 0.2) is 0 Å². The lowest BCUT2D eigenvalue weighted by Crippen LogP contribution is -3.00. The predicted octanol–water partition coefficient (Wildman–Crippen LogP) is 0.897. The van der Waals surface area contributed by atoms with E-state index < -0.39 is 0 Å². The molecule has 2 heterocycles. The first kappa shape index (κ1) is 17.1. The molecule has 0 N–H and O–H groups in total. The Morgan fingerprint density at radius 2 is 1.91 bits per heavy atom. The molecular formula is C16H16Cl3N3. The van der Waals surface area contributed by atoms with Gasteiger partial charge in [-0.1, -0.05) is 24.3 Å². The standard InChI is InChI=1S/C16H16Cl2N3.ClH/c1-2-20-11-21(16(18)15(20)17)10-9-13-8-7-12-5-3-4-6-14(12)19-13;/h3-8,11H,2,9-10H2,1H3;1H/q+1;/p-1. The summed E-state index contributed by atoms with van der Waals surface area (Å²) in [5, 5.41) is 2.33. The first-order valence-corrected chi connectivity index (χ1v) is 7.73. The lowest BCUT2D eigenvalue weighted by atomic mass is 10.2. The highest BCUT2D eigenvalue weighted by Crippen LogP contribution is 2.18. The Kier molecular flexibility index (Phi) is 5.68. The number of aromatic nitrogens is 3. The Hall–Kier alpha value is -1.29. The zero-order chi connectivity index (χ0) is 14.8. The fourth-order valence-electron chi connectivity index (χ4n) is 2.37. The smallest absolute Gasteiger partial charge is 0.255 e. The highest BCUT2D eigenvalue weighted by atomic mass is 35.5. The third-order valence-corrected chi connectivity index (χ3v) is 4.45. The van der Waals surface area contributed by atoms with Gasteiger partial charge in [-0.05, 0) is 42.3 Å². The number of hydrogen-bond acceptors (Lipinski definition) is 1. The maximum atomic E-state index is 6.24. The maximum absolute atomic E-state index is 6.24. The minimum Gasteiger partial charge on any atom is -1.00 e. The summed E-state index contributed by atoms with van der Waals surface area (Å²) in [6.45, 7) is 3.61. The number of pyridine rings is 1. The zero-order valence-electron chi connectivity index (χ0n) is 12.1. The van der Waals surface area contributed by atoms with E-state index >= 15 is 0 Å². The molecule has 0 unspecified atom stereocenters. The first-order valence-electron chi connectivity index (χ1n) is 6.97. The SMILES string of the molecule is CCn1c[n+](CCc2ccc3ccccc3n2)c(Cl)c1Cl.[Cl-]. The molecule has 6 heteroatoms. The average Bonchev–Trinajstić information content (AvgIpc) is 2.80. The molecule has 0 saturated carbocycles. The van der Waals surface area contributed by atoms with Crippen molar-refractivity contribution in [2.24, 2.45) is 0 Å². The predicted molar refractivity (Wildman–Crippen MR) is 85.8 cm³/mol. The Bertz CT molecular complexity index is 783. The Balaban J connectivity index is 0.00000176. The first-order chi connectivity index (χ1) is 10.2. The topological polar surface area (TPSA) is 21.7 Å². The van der Waals surface area contributed by atoms with Gasteiger partial charge in [-0.3, -0.25) is 4.98 Å². The molecule has 3 aromatic rings. The van der Waals surface area contributed by atoms with Crippen molar-refractivity contribution >= 4 is 34.1 Å². The Morgan fingerprint density at radius 3 is 2.64 bits per heavy atom. The van der Waals surface area contributed by atoms with Crippen LogP contribution in [0.15, 0.2) is 42.7 Å². The van der Waals surface area contributed by atoms with Gasteiger partial charge in [-0.15, -0.1) is 0 Å². The van der Waals surface area contributed by atoms with Crippen molar-refractivity contribution in [1.29, 1.82) is 0 Å². The molecule has 0 atom stereocenters. The van der Waals surface area contributed by atoms with Gasteiger partial charge < -0.3 is 12.4 Å². The second kappa shape index (κ2) is 7.32. The van der Waals surface area contributed by atoms with Gasteiger partial charge in [-0.25, -0.2) is 9.13 Å². The van der Waals surface area contributed by atoms with Gasteiger partial charge in [0.1, 0.15) is 0 Å². The van der Waals surface area contributed by atoms with Crippen LogP contribution in [0, 0.1) is 0 Å². The lowest BCUT2D eigenvalue weighted by molar-refractivity contribution is -0.693. The van der Waals surface area contributed by atoms with Gasteiger partial charge >= 0.3 is 0 Å². The van der Waals surface area contributed by atoms with E-state index in [-0.39, 0.29) is 12.4 Å². The van der Waals surface area contributed by atoms with E-state index in [0.717, 1.165) is 36.1 Å². The maximum Gasteiger partial charge on any atom is 0.255 e. The van der Waals surface area contributed by atoms with Crippen molar-refractivity contribution in [1.82, 2.24) is 9.55 Å². The summed E-state index contributed by atoms with van der Waals surface area (Å²) < 4.78 is 3.89. The molecule has 116 valence electrons. The molecule has 22 heavy (non-hydrogen) atoms. The molecule has 0 radical (unpaired) electrons. The molecule has 0 amide bonds. The van der Waals surface area contributed by atoms with E-state index in [9.17, 15) is 0 Å². The summed E-state index contributed by atoms with van der Waals surface area (Å²) in [5.41, 5.74) is 2.08. The zero-order valence-corrected chi connectivity index (χ0v) is 14.4. The van der Waals surface area contributed by atoms with Crippen LogP contribution in [0.25, 0.3) is 10.9 Å². The van der Waals surface area contributed by atoms with Gasteiger partial charge in [0, 0.05) is 17.5 Å². The second-order valence-corrected chi connectivity index (χ2v) is 5.64. The third-order valence-electron chi connectivity index (χ3n) is 3.56. The molecule has 1 aromatic carbocycles. The number of halogens is 3. The number of benzene rings is 1. The van der Waals surface area contributed by atoms with E-state index in [4.69, 9.17) is 23.2 Å². The minimum atomic E-state index is 0. The quantitative estimate of drug-likeness (QED) is 0.637. The van der Waals surface area contributed by atoms with Crippen LogP contribution in [-0.2, 0) is 19.5 Å². The van der Waals surface area contributed by atoms with E-state index in [0.29, 0.717) is 10.3 Å². The van der Waals surface area contributed by atoms with Crippen LogP contribution in [0.2, 0.25) is 10.3 Å². The molecule has 0 aliphatic heterocycles. The fraction of sp³-hybridized carbons (Fsp3) is 0.250. The van der Waals surface area contributed by atoms with Crippen molar-refractivity contribution in [3.8, 4) is 0 Å². The van der Waals surface area contributed by atoms with E-state index in [2.05, 4.69) is 23.2 Å². The average molecular weight is 357 g/mol. The molecule has 0 saturated heterocycles. The number of imidazole rings is 1. The van der Waals surface area contributed by atoms with Crippen molar-refractivity contribution in [3.63, 3.8) is 0 Å². The number of para-hydroxylation sites is 1. The molecular weight excluding hydrogens is 341 g/mol. The number of nitrogens with zero attached hydrogens (tertiary/aromatic N) is 3. The number of fused-ring (bicyclic) bond motifs is 1. The van der Waals surface area contributed by atoms with Crippen molar-refractivity contribution in [3.05, 3.63) is 58.7 Å². The summed E-state index contributed by atoms with van der Waals surface area (Å²) in [6.07, 6.45) is 2.77. The van der Waals surface area contributed by atoms with Gasteiger partial charge in [-0.2, -0.15) is 0 Å². The fourth-order valence-corrected chi connectivity index (χ4v) is 2.87. The molecule has 2 aromatic heterocycles. The summed E-state index contributed by atoms with van der Waals surface area (Å²) in [4.78, 5) is 4.67. The van der Waals surface area contributed by atoms with E-state index in [1.165, 1.54) is 0 Å². The summed E-state index contributed by atoms with van der Waals surface area (Å²) in [6, 6.07) is 12.3. The summed E-state index contributed by atoms with van der Waals surface area (Å²) >= 11 is 12.4. The van der Waals surface area contributed by atoms with Crippen LogP contribution in [0.1, 0.15) is 12.6 Å². The van der Waals surface area contributed by atoms with Gasteiger partial charge in [0.25, 0.3) is 10.3 Å². The monoisotopic (exact) mass is 355 g/mol. The van der Waals surface area contributed by atoms with E-state index in [1.54, 1.807) is 0 Å². The van der Waals surface area contributed by atoms with E-state index in [1.807, 2.05) is 40.6 Å². The van der Waals surface area contributed by atoms with Crippen LogP contribution in [0.5, 0.6) is 0 Å². The molecule has 3 nitrogen and oxygen atoms in total. The Labute approximate surface area is 145 Å². The summed E-state index contributed by atoms with van der Waals surface area (Å²) in [5.74, 6) is 0. The highest BCUT2D eigenvalue weighted by Gasteiger charge is 2.18. The van der Waals surface area contributed by atoms with Crippen LogP contribution in [-0.4, -0.2) is 9.55 Å². The minimum absolute atomic E-state index is 0. The number of aryl methyl sites for hydroxylation is 3.